The topological polar surface area (TPSA) is 34.1 Å². The Hall–Kier alpha value is -0.930. The van der Waals surface area contributed by atoms with Crippen molar-refractivity contribution < 1.29 is 4.74 Å². The summed E-state index contributed by atoms with van der Waals surface area (Å²) < 4.78 is 5.62. The number of likely N-dealkylation sites (N-methyl/N-ethyl adjacent to an activating group) is 1. The number of pyridine rings is 1. The number of hydrogen-bond donors (Lipinski definition) is 1. The molecule has 3 nitrogen and oxygen atoms in total. The molecule has 1 unspecified atom stereocenters. The van der Waals surface area contributed by atoms with Crippen molar-refractivity contribution in [3.05, 3.63) is 29.6 Å². The van der Waals surface area contributed by atoms with Crippen molar-refractivity contribution in [1.82, 2.24) is 10.3 Å². The molecule has 1 heterocycles. The van der Waals surface area contributed by atoms with Crippen LogP contribution in [0.5, 0.6) is 0 Å². The molecule has 0 aliphatic carbocycles. The molecular weight excluding hydrogens is 200 g/mol. The van der Waals surface area contributed by atoms with Crippen molar-refractivity contribution in [2.45, 2.75) is 33.2 Å². The summed E-state index contributed by atoms with van der Waals surface area (Å²) in [5.74, 6) is 0. The van der Waals surface area contributed by atoms with Gasteiger partial charge in [0.25, 0.3) is 0 Å². The Morgan fingerprint density at radius 3 is 2.88 bits per heavy atom. The lowest BCUT2D eigenvalue weighted by molar-refractivity contribution is 0.112. The molecule has 1 aromatic rings. The highest BCUT2D eigenvalue weighted by Crippen LogP contribution is 2.16. The molecule has 1 N–H and O–H groups in total. The van der Waals surface area contributed by atoms with Crippen molar-refractivity contribution in [3.8, 4) is 0 Å². The van der Waals surface area contributed by atoms with Gasteiger partial charge in [-0.3, -0.25) is 4.98 Å². The first-order valence-corrected chi connectivity index (χ1v) is 6.01. The Morgan fingerprint density at radius 2 is 2.25 bits per heavy atom. The van der Waals surface area contributed by atoms with E-state index >= 15 is 0 Å². The van der Waals surface area contributed by atoms with E-state index in [1.54, 1.807) is 0 Å². The van der Waals surface area contributed by atoms with Crippen LogP contribution in [-0.4, -0.2) is 24.7 Å². The van der Waals surface area contributed by atoms with Gasteiger partial charge in [0.1, 0.15) is 0 Å². The van der Waals surface area contributed by atoms with Crippen molar-refractivity contribution >= 4 is 0 Å². The van der Waals surface area contributed by atoms with Gasteiger partial charge in [0, 0.05) is 19.0 Å². The summed E-state index contributed by atoms with van der Waals surface area (Å²) in [6.45, 7) is 8.83. The summed E-state index contributed by atoms with van der Waals surface area (Å²) in [5, 5.41) is 3.45. The number of ether oxygens (including phenoxy) is 1. The number of aromatic nitrogens is 1. The highest BCUT2D eigenvalue weighted by Gasteiger charge is 2.12. The fraction of sp³-hybridized carbons (Fsp3) is 0.615. The van der Waals surface area contributed by atoms with E-state index in [0.29, 0.717) is 0 Å². The molecule has 3 heteroatoms. The molecule has 0 aliphatic rings. The van der Waals surface area contributed by atoms with E-state index in [1.165, 1.54) is 11.1 Å². The van der Waals surface area contributed by atoms with Crippen molar-refractivity contribution in [2.24, 2.45) is 0 Å². The van der Waals surface area contributed by atoms with Crippen LogP contribution >= 0.6 is 0 Å². The van der Waals surface area contributed by atoms with Gasteiger partial charge in [0.2, 0.25) is 0 Å². The number of hydrogen-bond acceptors (Lipinski definition) is 3. The second kappa shape index (κ2) is 7.36. The van der Waals surface area contributed by atoms with Gasteiger partial charge in [-0.2, -0.15) is 0 Å². The Bertz CT molecular complexity index is 302. The summed E-state index contributed by atoms with van der Waals surface area (Å²) in [7, 11) is 0. The van der Waals surface area contributed by atoms with Crippen LogP contribution in [0.2, 0.25) is 0 Å². The largest absolute Gasteiger partial charge is 0.379 e. The maximum absolute atomic E-state index is 5.62. The summed E-state index contributed by atoms with van der Waals surface area (Å²) >= 11 is 0. The zero-order valence-corrected chi connectivity index (χ0v) is 10.5. The summed E-state index contributed by atoms with van der Waals surface area (Å²) in [5.41, 5.74) is 2.50. The Balaban J connectivity index is 2.65. The minimum Gasteiger partial charge on any atom is -0.379 e. The summed E-state index contributed by atoms with van der Waals surface area (Å²) in [6, 6.07) is 2.34. The van der Waals surface area contributed by atoms with Gasteiger partial charge in [-0.25, -0.2) is 0 Å². The summed E-state index contributed by atoms with van der Waals surface area (Å²) in [4.78, 5) is 4.12. The minimum absolute atomic E-state index is 0.277. The maximum atomic E-state index is 5.62. The van der Waals surface area contributed by atoms with Crippen molar-refractivity contribution in [1.29, 1.82) is 0 Å². The van der Waals surface area contributed by atoms with Crippen LogP contribution in [-0.2, 0) is 4.74 Å². The van der Waals surface area contributed by atoms with Crippen LogP contribution in [0.4, 0.5) is 0 Å². The van der Waals surface area contributed by atoms with Crippen LogP contribution in [0.15, 0.2) is 18.5 Å². The average molecular weight is 222 g/mol. The lowest BCUT2D eigenvalue weighted by atomic mass is 10.0. The molecule has 1 rings (SSSR count). The maximum Gasteiger partial charge on any atom is 0.0661 e. The molecule has 0 saturated heterocycles. The van der Waals surface area contributed by atoms with E-state index in [1.807, 2.05) is 12.4 Å². The normalized spacial score (nSPS) is 12.7. The fourth-order valence-electron chi connectivity index (χ4n) is 1.73. The third-order valence-electron chi connectivity index (χ3n) is 2.52. The first-order valence-electron chi connectivity index (χ1n) is 6.01. The minimum atomic E-state index is 0.277. The van der Waals surface area contributed by atoms with E-state index in [0.717, 1.165) is 26.2 Å². The predicted octanol–water partition coefficient (Wildman–Crippen LogP) is 2.47. The molecule has 16 heavy (non-hydrogen) atoms. The zero-order valence-electron chi connectivity index (χ0n) is 10.5. The van der Waals surface area contributed by atoms with Gasteiger partial charge >= 0.3 is 0 Å². The monoisotopic (exact) mass is 222 g/mol. The second-order valence-electron chi connectivity index (χ2n) is 3.92. The van der Waals surface area contributed by atoms with E-state index in [4.69, 9.17) is 4.74 Å². The third kappa shape index (κ3) is 3.91. The first kappa shape index (κ1) is 13.1. The van der Waals surface area contributed by atoms with Crippen molar-refractivity contribution in [2.75, 3.05) is 19.8 Å². The van der Waals surface area contributed by atoms with Gasteiger partial charge < -0.3 is 10.1 Å². The fourth-order valence-corrected chi connectivity index (χ4v) is 1.73. The molecule has 0 bridgehead atoms. The quantitative estimate of drug-likeness (QED) is 0.720. The molecule has 1 atom stereocenters. The van der Waals surface area contributed by atoms with Gasteiger partial charge in [-0.05, 0) is 37.1 Å². The van der Waals surface area contributed by atoms with Crippen LogP contribution in [0.25, 0.3) is 0 Å². The van der Waals surface area contributed by atoms with E-state index in [-0.39, 0.29) is 6.04 Å². The van der Waals surface area contributed by atoms with Gasteiger partial charge in [0.05, 0.1) is 12.6 Å². The number of nitrogens with zero attached hydrogens (tertiary/aromatic N) is 1. The molecule has 0 spiro atoms. The number of nitrogens with one attached hydrogen (secondary N) is 1. The molecule has 0 radical (unpaired) electrons. The Kier molecular flexibility index (Phi) is 6.04. The Labute approximate surface area is 98.2 Å². The third-order valence-corrected chi connectivity index (χ3v) is 2.52. The lowest BCUT2D eigenvalue weighted by Crippen LogP contribution is -2.26. The average Bonchev–Trinajstić information content (AvgIpc) is 2.29. The standard InChI is InChI=1S/C13H22N2O/c1-4-8-16-10-13(15-5-2)12-6-7-14-9-11(12)3/h6-7,9,13,15H,4-5,8,10H2,1-3H3. The zero-order chi connectivity index (χ0) is 11.8. The van der Waals surface area contributed by atoms with E-state index < -0.39 is 0 Å². The van der Waals surface area contributed by atoms with Gasteiger partial charge in [0.15, 0.2) is 0 Å². The van der Waals surface area contributed by atoms with Gasteiger partial charge in [-0.1, -0.05) is 13.8 Å². The number of aryl methyl sites for hydroxylation is 1. The molecule has 0 aliphatic heterocycles. The molecule has 0 aromatic carbocycles. The molecule has 90 valence electrons. The molecular formula is C13H22N2O. The van der Waals surface area contributed by atoms with Crippen LogP contribution in [0.1, 0.15) is 37.4 Å². The van der Waals surface area contributed by atoms with E-state index in [2.05, 4.69) is 37.1 Å². The molecule has 0 fully saturated rings. The van der Waals surface area contributed by atoms with Crippen molar-refractivity contribution in [3.63, 3.8) is 0 Å². The first-order chi connectivity index (χ1) is 7.79. The van der Waals surface area contributed by atoms with Crippen LogP contribution < -0.4 is 5.32 Å². The SMILES string of the molecule is CCCOCC(NCC)c1ccncc1C. The lowest BCUT2D eigenvalue weighted by Gasteiger charge is -2.19. The van der Waals surface area contributed by atoms with Gasteiger partial charge in [-0.15, -0.1) is 0 Å². The molecule has 0 amide bonds. The van der Waals surface area contributed by atoms with Crippen LogP contribution in [0.3, 0.4) is 0 Å². The highest BCUT2D eigenvalue weighted by molar-refractivity contribution is 5.25. The second-order valence-corrected chi connectivity index (χ2v) is 3.92. The van der Waals surface area contributed by atoms with Crippen LogP contribution in [0, 0.1) is 6.92 Å². The smallest absolute Gasteiger partial charge is 0.0661 e. The highest BCUT2D eigenvalue weighted by atomic mass is 16.5. The number of rotatable bonds is 7. The van der Waals surface area contributed by atoms with E-state index in [9.17, 15) is 0 Å². The molecule has 1 aromatic heterocycles. The Morgan fingerprint density at radius 1 is 1.44 bits per heavy atom. The summed E-state index contributed by atoms with van der Waals surface area (Å²) in [6.07, 6.45) is 4.81. The molecule has 0 saturated carbocycles. The predicted molar refractivity (Wildman–Crippen MR) is 66.5 cm³/mol.